The molecule has 0 bridgehead atoms. The smallest absolute Gasteiger partial charge is 0.319 e. The maximum atomic E-state index is 13.5. The number of hydrogen-bond acceptors (Lipinski definition) is 4. The first-order valence-electron chi connectivity index (χ1n) is 12.7. The Kier molecular flexibility index (Phi) is 7.99. The largest absolute Gasteiger partial charge is 0.493 e. The van der Waals surface area contributed by atoms with E-state index in [0.29, 0.717) is 25.0 Å². The summed E-state index contributed by atoms with van der Waals surface area (Å²) in [5.41, 5.74) is 1.21. The second kappa shape index (κ2) is 11.1. The molecule has 0 spiro atoms. The van der Waals surface area contributed by atoms with Crippen LogP contribution in [-0.4, -0.2) is 79.6 Å². The molecular weight excluding hydrogens is 418 g/mol. The van der Waals surface area contributed by atoms with E-state index in [1.807, 2.05) is 21.9 Å². The average molecular weight is 458 g/mol. The normalized spacial score (nSPS) is 21.9. The number of nitrogens with zero attached hydrogens (tertiary/aromatic N) is 3. The lowest BCUT2D eigenvalue weighted by Gasteiger charge is -2.40. The van der Waals surface area contributed by atoms with Gasteiger partial charge in [0.05, 0.1) is 14.2 Å². The number of amides is 3. The van der Waals surface area contributed by atoms with Crippen LogP contribution in [0.3, 0.4) is 0 Å². The fourth-order valence-corrected chi connectivity index (χ4v) is 5.62. The van der Waals surface area contributed by atoms with Crippen LogP contribution in [0.25, 0.3) is 0 Å². The van der Waals surface area contributed by atoms with Crippen LogP contribution in [0.4, 0.5) is 4.79 Å². The molecule has 33 heavy (non-hydrogen) atoms. The highest BCUT2D eigenvalue weighted by atomic mass is 16.5. The standard InChI is InChI=1S/C26H39N3O4/c1-32-23-11-9-20(19-24(23)33-2)8-10-22-7-3-4-16-29(22)25(30)21-12-17-28(18-13-21)26(31)27-14-5-6-15-27/h9,11,19,21-22H,3-8,10,12-18H2,1-2H3. The van der Waals surface area contributed by atoms with Crippen LogP contribution in [-0.2, 0) is 11.2 Å². The van der Waals surface area contributed by atoms with Gasteiger partial charge >= 0.3 is 6.03 Å². The van der Waals surface area contributed by atoms with Crippen molar-refractivity contribution >= 4 is 11.9 Å². The minimum absolute atomic E-state index is 0.0503. The quantitative estimate of drug-likeness (QED) is 0.649. The van der Waals surface area contributed by atoms with E-state index in [1.165, 1.54) is 12.0 Å². The highest BCUT2D eigenvalue weighted by Crippen LogP contribution is 2.30. The molecule has 7 heteroatoms. The Hall–Kier alpha value is -2.44. The number of ether oxygens (including phenoxy) is 2. The van der Waals surface area contributed by atoms with E-state index < -0.39 is 0 Å². The van der Waals surface area contributed by atoms with Crippen LogP contribution >= 0.6 is 0 Å². The lowest BCUT2D eigenvalue weighted by atomic mass is 9.90. The van der Waals surface area contributed by atoms with E-state index in [1.54, 1.807) is 14.2 Å². The van der Waals surface area contributed by atoms with E-state index in [0.717, 1.165) is 82.5 Å². The number of benzene rings is 1. The SMILES string of the molecule is COc1ccc(CCC2CCCCN2C(=O)C2CCN(C(=O)N3CCCC3)CC2)cc1OC. The van der Waals surface area contributed by atoms with Crippen LogP contribution in [0, 0.1) is 5.92 Å². The maximum absolute atomic E-state index is 13.5. The second-order valence-electron chi connectivity index (χ2n) is 9.65. The van der Waals surface area contributed by atoms with Crippen molar-refractivity contribution in [3.05, 3.63) is 23.8 Å². The molecule has 3 aliphatic heterocycles. The van der Waals surface area contributed by atoms with E-state index >= 15 is 0 Å². The minimum Gasteiger partial charge on any atom is -0.493 e. The molecule has 182 valence electrons. The molecule has 1 unspecified atom stereocenters. The summed E-state index contributed by atoms with van der Waals surface area (Å²) in [6.07, 6.45) is 9.03. The molecule has 7 nitrogen and oxygen atoms in total. The second-order valence-corrected chi connectivity index (χ2v) is 9.65. The molecule has 3 aliphatic rings. The van der Waals surface area contributed by atoms with Gasteiger partial charge in [-0.3, -0.25) is 4.79 Å². The van der Waals surface area contributed by atoms with Gasteiger partial charge in [0, 0.05) is 44.7 Å². The molecule has 3 heterocycles. The van der Waals surface area contributed by atoms with Crippen LogP contribution in [0.5, 0.6) is 11.5 Å². The zero-order valence-corrected chi connectivity index (χ0v) is 20.3. The lowest BCUT2D eigenvalue weighted by molar-refractivity contribution is -0.140. The van der Waals surface area contributed by atoms with Crippen LogP contribution in [0.2, 0.25) is 0 Å². The molecule has 3 amide bonds. The topological polar surface area (TPSA) is 62.3 Å². The van der Waals surface area contributed by atoms with Gasteiger partial charge < -0.3 is 24.2 Å². The van der Waals surface area contributed by atoms with Gasteiger partial charge in [-0.15, -0.1) is 0 Å². The Morgan fingerprint density at radius 2 is 1.52 bits per heavy atom. The summed E-state index contributed by atoms with van der Waals surface area (Å²) >= 11 is 0. The maximum Gasteiger partial charge on any atom is 0.319 e. The van der Waals surface area contributed by atoms with E-state index in [4.69, 9.17) is 9.47 Å². The number of methoxy groups -OCH3 is 2. The Bertz CT molecular complexity index is 816. The summed E-state index contributed by atoms with van der Waals surface area (Å²) in [4.78, 5) is 32.2. The predicted octanol–water partition coefficient (Wildman–Crippen LogP) is 3.95. The first-order valence-corrected chi connectivity index (χ1v) is 12.7. The van der Waals surface area contributed by atoms with Gasteiger partial charge in [-0.1, -0.05) is 6.07 Å². The molecule has 1 aromatic rings. The number of aryl methyl sites for hydroxylation is 1. The molecule has 0 saturated carbocycles. The zero-order chi connectivity index (χ0) is 23.2. The highest BCUT2D eigenvalue weighted by molar-refractivity contribution is 5.80. The summed E-state index contributed by atoms with van der Waals surface area (Å²) in [5, 5.41) is 0. The first kappa shape index (κ1) is 23.7. The van der Waals surface area contributed by atoms with Gasteiger partial charge in [0.15, 0.2) is 11.5 Å². The molecule has 0 N–H and O–H groups in total. The minimum atomic E-state index is 0.0503. The Balaban J connectivity index is 1.31. The van der Waals surface area contributed by atoms with Crippen LogP contribution in [0.15, 0.2) is 18.2 Å². The van der Waals surface area contributed by atoms with Crippen LogP contribution < -0.4 is 9.47 Å². The molecule has 4 rings (SSSR count). The summed E-state index contributed by atoms with van der Waals surface area (Å²) in [6.45, 7) is 4.04. The monoisotopic (exact) mass is 457 g/mol. The third kappa shape index (κ3) is 5.56. The average Bonchev–Trinajstić information content (AvgIpc) is 3.42. The summed E-state index contributed by atoms with van der Waals surface area (Å²) in [6, 6.07) is 6.55. The molecule has 0 aromatic heterocycles. The Morgan fingerprint density at radius 1 is 0.848 bits per heavy atom. The molecular formula is C26H39N3O4. The van der Waals surface area contributed by atoms with Crippen molar-refractivity contribution in [3.63, 3.8) is 0 Å². The van der Waals surface area contributed by atoms with E-state index in [2.05, 4.69) is 11.0 Å². The van der Waals surface area contributed by atoms with Gasteiger partial charge in [-0.2, -0.15) is 0 Å². The van der Waals surface area contributed by atoms with Gasteiger partial charge in [-0.05, 0) is 75.5 Å². The van der Waals surface area contributed by atoms with Crippen molar-refractivity contribution in [1.82, 2.24) is 14.7 Å². The molecule has 0 radical (unpaired) electrons. The molecule has 0 aliphatic carbocycles. The number of carbonyl (C=O) groups is 2. The van der Waals surface area contributed by atoms with Gasteiger partial charge in [0.25, 0.3) is 0 Å². The fraction of sp³-hybridized carbons (Fsp3) is 0.692. The molecule has 1 atom stereocenters. The van der Waals surface area contributed by atoms with Crippen molar-refractivity contribution in [2.24, 2.45) is 5.92 Å². The van der Waals surface area contributed by atoms with Crippen molar-refractivity contribution in [2.75, 3.05) is 46.9 Å². The Morgan fingerprint density at radius 3 is 2.21 bits per heavy atom. The predicted molar refractivity (Wildman–Crippen MR) is 128 cm³/mol. The lowest BCUT2D eigenvalue weighted by Crippen LogP contribution is -2.51. The zero-order valence-electron chi connectivity index (χ0n) is 20.3. The van der Waals surface area contributed by atoms with Gasteiger partial charge in [0.1, 0.15) is 0 Å². The molecule has 1 aromatic carbocycles. The third-order valence-electron chi connectivity index (χ3n) is 7.62. The number of likely N-dealkylation sites (tertiary alicyclic amines) is 3. The highest BCUT2D eigenvalue weighted by Gasteiger charge is 2.35. The van der Waals surface area contributed by atoms with E-state index in [-0.39, 0.29) is 11.9 Å². The van der Waals surface area contributed by atoms with Gasteiger partial charge in [-0.25, -0.2) is 4.79 Å². The first-order chi connectivity index (χ1) is 16.1. The summed E-state index contributed by atoms with van der Waals surface area (Å²) in [5.74, 6) is 1.85. The number of urea groups is 1. The number of hydrogen-bond donors (Lipinski definition) is 0. The Labute approximate surface area is 198 Å². The van der Waals surface area contributed by atoms with Crippen molar-refractivity contribution in [1.29, 1.82) is 0 Å². The van der Waals surface area contributed by atoms with Crippen molar-refractivity contribution in [2.45, 2.75) is 63.8 Å². The molecule has 3 fully saturated rings. The van der Waals surface area contributed by atoms with Gasteiger partial charge in [0.2, 0.25) is 5.91 Å². The number of piperidine rings is 2. The van der Waals surface area contributed by atoms with Crippen LogP contribution in [0.1, 0.15) is 56.9 Å². The molecule has 3 saturated heterocycles. The third-order valence-corrected chi connectivity index (χ3v) is 7.62. The van der Waals surface area contributed by atoms with Crippen molar-refractivity contribution < 1.29 is 19.1 Å². The fourth-order valence-electron chi connectivity index (χ4n) is 5.62. The summed E-state index contributed by atoms with van der Waals surface area (Å²) < 4.78 is 10.8. The number of rotatable bonds is 6. The van der Waals surface area contributed by atoms with E-state index in [9.17, 15) is 9.59 Å². The van der Waals surface area contributed by atoms with Crippen molar-refractivity contribution in [3.8, 4) is 11.5 Å². The number of carbonyl (C=O) groups excluding carboxylic acids is 2. The summed E-state index contributed by atoms with van der Waals surface area (Å²) in [7, 11) is 3.31.